The molecule has 22 heavy (non-hydrogen) atoms. The molecule has 0 aliphatic rings. The third kappa shape index (κ3) is 3.33. The molecule has 0 unspecified atom stereocenters. The molecule has 0 fully saturated rings. The molecule has 0 aliphatic carbocycles. The van der Waals surface area contributed by atoms with E-state index in [0.717, 1.165) is 16.4 Å². The summed E-state index contributed by atoms with van der Waals surface area (Å²) in [6.45, 7) is 0. The van der Waals surface area contributed by atoms with Crippen molar-refractivity contribution in [3.05, 3.63) is 53.7 Å². The van der Waals surface area contributed by atoms with E-state index in [0.29, 0.717) is 6.07 Å². The van der Waals surface area contributed by atoms with E-state index < -0.39 is 27.4 Å². The van der Waals surface area contributed by atoms with E-state index in [9.17, 15) is 17.2 Å². The Morgan fingerprint density at radius 3 is 2.64 bits per heavy atom. The van der Waals surface area contributed by atoms with Gasteiger partial charge in [-0.3, -0.25) is 4.31 Å². The summed E-state index contributed by atoms with van der Waals surface area (Å²) in [5.41, 5.74) is 0.114. The Labute approximate surface area is 127 Å². The van der Waals surface area contributed by atoms with Crippen molar-refractivity contribution in [2.45, 2.75) is 5.75 Å². The van der Waals surface area contributed by atoms with Crippen LogP contribution in [0.1, 0.15) is 5.56 Å². The number of hydrogen-bond donors (Lipinski definition) is 0. The fraction of sp³-hybridized carbons (Fsp3) is 0.214. The zero-order valence-electron chi connectivity index (χ0n) is 12.0. The van der Waals surface area contributed by atoms with Gasteiger partial charge in [-0.05, 0) is 18.2 Å². The number of aromatic nitrogens is 1. The molecule has 0 aliphatic heterocycles. The molecule has 0 atom stereocenters. The standard InChI is InChI=1S/C14H14F2N2O3S/c1-18(13-4-3-7-17-14(13)21-2)22(19,20)9-10-5-6-11(15)8-12(10)16/h3-8H,9H2,1-2H3. The second-order valence-corrected chi connectivity index (χ2v) is 6.49. The molecule has 0 radical (unpaired) electrons. The van der Waals surface area contributed by atoms with Crippen molar-refractivity contribution in [1.82, 2.24) is 4.98 Å². The minimum atomic E-state index is -3.88. The molecule has 118 valence electrons. The molecule has 5 nitrogen and oxygen atoms in total. The first-order chi connectivity index (χ1) is 10.3. The molecule has 0 saturated carbocycles. The molecule has 0 bridgehead atoms. The summed E-state index contributed by atoms with van der Waals surface area (Å²) in [6, 6.07) is 5.84. The minimum Gasteiger partial charge on any atom is -0.479 e. The predicted octanol–water partition coefficient (Wildman–Crippen LogP) is 2.33. The number of rotatable bonds is 5. The molecule has 2 rings (SSSR count). The highest BCUT2D eigenvalue weighted by molar-refractivity contribution is 7.92. The number of nitrogens with zero attached hydrogens (tertiary/aromatic N) is 2. The number of ether oxygens (including phenoxy) is 1. The van der Waals surface area contributed by atoms with Crippen molar-refractivity contribution in [3.63, 3.8) is 0 Å². The van der Waals surface area contributed by atoms with Crippen molar-refractivity contribution in [3.8, 4) is 5.88 Å². The molecule has 2 aromatic rings. The molecule has 1 aromatic carbocycles. The van der Waals surface area contributed by atoms with Crippen LogP contribution in [0.4, 0.5) is 14.5 Å². The second kappa shape index (κ2) is 6.27. The lowest BCUT2D eigenvalue weighted by atomic mass is 10.2. The lowest BCUT2D eigenvalue weighted by Gasteiger charge is -2.21. The van der Waals surface area contributed by atoms with E-state index in [1.54, 1.807) is 6.07 Å². The summed E-state index contributed by atoms with van der Waals surface area (Å²) in [5, 5.41) is 0. The molecule has 0 amide bonds. The van der Waals surface area contributed by atoms with Gasteiger partial charge in [0.15, 0.2) is 0 Å². The summed E-state index contributed by atoms with van der Waals surface area (Å²) in [7, 11) is -1.20. The van der Waals surface area contributed by atoms with Gasteiger partial charge in [0.2, 0.25) is 15.9 Å². The van der Waals surface area contributed by atoms with Crippen LogP contribution in [0.15, 0.2) is 36.5 Å². The summed E-state index contributed by atoms with van der Waals surface area (Å²) in [4.78, 5) is 3.92. The first-order valence-electron chi connectivity index (χ1n) is 6.24. The zero-order chi connectivity index (χ0) is 16.3. The van der Waals surface area contributed by atoms with Crippen LogP contribution in [0, 0.1) is 11.6 Å². The van der Waals surface area contributed by atoms with E-state index in [4.69, 9.17) is 4.74 Å². The summed E-state index contributed by atoms with van der Waals surface area (Å²) >= 11 is 0. The van der Waals surface area contributed by atoms with Gasteiger partial charge in [-0.1, -0.05) is 6.07 Å². The van der Waals surface area contributed by atoms with Crippen molar-refractivity contribution >= 4 is 15.7 Å². The van der Waals surface area contributed by atoms with Crippen LogP contribution < -0.4 is 9.04 Å². The Kier molecular flexibility index (Phi) is 4.60. The van der Waals surface area contributed by atoms with Crippen LogP contribution in [0.25, 0.3) is 0 Å². The Morgan fingerprint density at radius 2 is 2.00 bits per heavy atom. The molecule has 1 heterocycles. The van der Waals surface area contributed by atoms with Gasteiger partial charge in [0.1, 0.15) is 17.3 Å². The minimum absolute atomic E-state index is 0.115. The van der Waals surface area contributed by atoms with E-state index >= 15 is 0 Å². The lowest BCUT2D eigenvalue weighted by Crippen LogP contribution is -2.28. The normalized spacial score (nSPS) is 11.3. The number of anilines is 1. The first-order valence-corrected chi connectivity index (χ1v) is 7.85. The largest absolute Gasteiger partial charge is 0.479 e. The van der Waals surface area contributed by atoms with E-state index in [2.05, 4.69) is 4.98 Å². The topological polar surface area (TPSA) is 59.5 Å². The molecule has 8 heteroatoms. The summed E-state index contributed by atoms with van der Waals surface area (Å²) in [5.74, 6) is -2.14. The van der Waals surface area contributed by atoms with Crippen molar-refractivity contribution in [2.24, 2.45) is 0 Å². The fourth-order valence-electron chi connectivity index (χ4n) is 1.86. The second-order valence-electron chi connectivity index (χ2n) is 4.49. The zero-order valence-corrected chi connectivity index (χ0v) is 12.8. The van der Waals surface area contributed by atoms with Gasteiger partial charge in [0.25, 0.3) is 0 Å². The van der Waals surface area contributed by atoms with Gasteiger partial charge in [0, 0.05) is 24.9 Å². The number of hydrogen-bond acceptors (Lipinski definition) is 4. The van der Waals surface area contributed by atoms with Crippen molar-refractivity contribution in [1.29, 1.82) is 0 Å². The molecular formula is C14H14F2N2O3S. The maximum absolute atomic E-state index is 13.6. The Balaban J connectivity index is 2.33. The van der Waals surface area contributed by atoms with E-state index in [1.165, 1.54) is 26.4 Å². The quantitative estimate of drug-likeness (QED) is 0.845. The molecular weight excluding hydrogens is 314 g/mol. The first kappa shape index (κ1) is 16.2. The third-order valence-electron chi connectivity index (χ3n) is 3.05. The van der Waals surface area contributed by atoms with Crippen LogP contribution in [0.3, 0.4) is 0 Å². The summed E-state index contributed by atoms with van der Waals surface area (Å²) in [6.07, 6.45) is 1.46. The van der Waals surface area contributed by atoms with E-state index in [1.807, 2.05) is 0 Å². The van der Waals surface area contributed by atoms with Crippen molar-refractivity contribution in [2.75, 3.05) is 18.5 Å². The van der Waals surface area contributed by atoms with Crippen LogP contribution in [0.5, 0.6) is 5.88 Å². The third-order valence-corrected chi connectivity index (χ3v) is 4.76. The average Bonchev–Trinajstić information content (AvgIpc) is 2.49. The lowest BCUT2D eigenvalue weighted by molar-refractivity contribution is 0.399. The molecule has 0 N–H and O–H groups in total. The maximum Gasteiger partial charge on any atom is 0.239 e. The molecule has 1 aromatic heterocycles. The van der Waals surface area contributed by atoms with Crippen molar-refractivity contribution < 1.29 is 21.9 Å². The van der Waals surface area contributed by atoms with Gasteiger partial charge >= 0.3 is 0 Å². The highest BCUT2D eigenvalue weighted by Gasteiger charge is 2.23. The van der Waals surface area contributed by atoms with Gasteiger partial charge in [-0.2, -0.15) is 0 Å². The maximum atomic E-state index is 13.6. The highest BCUT2D eigenvalue weighted by Crippen LogP contribution is 2.27. The number of benzene rings is 1. The smallest absolute Gasteiger partial charge is 0.239 e. The Bertz CT molecular complexity index is 781. The van der Waals surface area contributed by atoms with Gasteiger partial charge in [-0.25, -0.2) is 22.2 Å². The number of halogens is 2. The van der Waals surface area contributed by atoms with Crippen LogP contribution >= 0.6 is 0 Å². The number of pyridine rings is 1. The van der Waals surface area contributed by atoms with Crippen LogP contribution in [-0.4, -0.2) is 27.6 Å². The molecule has 0 saturated heterocycles. The number of methoxy groups -OCH3 is 1. The Hall–Kier alpha value is -2.22. The van der Waals surface area contributed by atoms with Gasteiger partial charge in [-0.15, -0.1) is 0 Å². The fourth-order valence-corrected chi connectivity index (χ4v) is 3.12. The summed E-state index contributed by atoms with van der Waals surface area (Å²) < 4.78 is 57.3. The predicted molar refractivity (Wildman–Crippen MR) is 78.2 cm³/mol. The monoisotopic (exact) mass is 328 g/mol. The van der Waals surface area contributed by atoms with Crippen LogP contribution in [-0.2, 0) is 15.8 Å². The average molecular weight is 328 g/mol. The van der Waals surface area contributed by atoms with Crippen LogP contribution in [0.2, 0.25) is 0 Å². The van der Waals surface area contributed by atoms with Gasteiger partial charge < -0.3 is 4.74 Å². The van der Waals surface area contributed by atoms with E-state index in [-0.39, 0.29) is 17.1 Å². The number of sulfonamides is 1. The SMILES string of the molecule is COc1ncccc1N(C)S(=O)(=O)Cc1ccc(F)cc1F. The van der Waals surface area contributed by atoms with Gasteiger partial charge in [0.05, 0.1) is 12.9 Å². The Morgan fingerprint density at radius 1 is 1.27 bits per heavy atom. The molecule has 0 spiro atoms. The highest BCUT2D eigenvalue weighted by atomic mass is 32.2.